The van der Waals surface area contributed by atoms with E-state index in [1.165, 1.54) is 13.0 Å². The smallest absolute Gasteiger partial charge is 0.325 e. The fraction of sp³-hybridized carbons (Fsp3) is 0.600. The van der Waals surface area contributed by atoms with Gasteiger partial charge in [0.2, 0.25) is 5.91 Å². The maximum absolute atomic E-state index is 11.1. The molecular formula is C10H17NO3. The van der Waals surface area contributed by atoms with Crippen LogP contribution < -0.4 is 5.32 Å². The van der Waals surface area contributed by atoms with Crippen molar-refractivity contribution < 1.29 is 14.7 Å². The molecule has 1 atom stereocenters. The number of hydrogen-bond donors (Lipinski definition) is 2. The number of carboxylic acid groups (broad SMARTS) is 1. The fourth-order valence-corrected chi connectivity index (χ4v) is 0.649. The van der Waals surface area contributed by atoms with Crippen molar-refractivity contribution >= 4 is 11.9 Å². The molecule has 0 aliphatic carbocycles. The quantitative estimate of drug-likeness (QED) is 0.671. The van der Waals surface area contributed by atoms with Gasteiger partial charge in [0.15, 0.2) is 0 Å². The van der Waals surface area contributed by atoms with Gasteiger partial charge >= 0.3 is 5.97 Å². The van der Waals surface area contributed by atoms with Gasteiger partial charge in [-0.1, -0.05) is 26.8 Å². The molecule has 0 radical (unpaired) electrons. The van der Waals surface area contributed by atoms with Crippen LogP contribution in [0.3, 0.4) is 0 Å². The lowest BCUT2D eigenvalue weighted by Crippen LogP contribution is -2.37. The first-order valence-corrected chi connectivity index (χ1v) is 4.45. The molecule has 0 aromatic rings. The summed E-state index contributed by atoms with van der Waals surface area (Å²) in [6.45, 7) is 7.29. The lowest BCUT2D eigenvalue weighted by molar-refractivity contribution is -0.140. The number of nitrogens with one attached hydrogen (secondary N) is 1. The Labute approximate surface area is 84.0 Å². The lowest BCUT2D eigenvalue weighted by atomic mass is 9.96. The summed E-state index contributed by atoms with van der Waals surface area (Å²) in [7, 11) is 0. The summed E-state index contributed by atoms with van der Waals surface area (Å²) in [5, 5.41) is 10.8. The number of allylic oxidation sites excluding steroid dienone is 1. The SMILES string of the molecule is C[C@H](NC(=O)/C=C/C(C)(C)C)C(=O)O. The van der Waals surface area contributed by atoms with Gasteiger partial charge in [-0.3, -0.25) is 9.59 Å². The van der Waals surface area contributed by atoms with Crippen molar-refractivity contribution in [2.24, 2.45) is 5.41 Å². The summed E-state index contributed by atoms with van der Waals surface area (Å²) < 4.78 is 0. The van der Waals surface area contributed by atoms with Gasteiger partial charge in [-0.2, -0.15) is 0 Å². The Hall–Kier alpha value is -1.32. The minimum absolute atomic E-state index is 0.0796. The van der Waals surface area contributed by atoms with E-state index in [0.29, 0.717) is 0 Å². The van der Waals surface area contributed by atoms with E-state index in [4.69, 9.17) is 5.11 Å². The zero-order valence-corrected chi connectivity index (χ0v) is 9.00. The Morgan fingerprint density at radius 2 is 1.86 bits per heavy atom. The summed E-state index contributed by atoms with van der Waals surface area (Å²) in [4.78, 5) is 21.5. The van der Waals surface area contributed by atoms with Crippen LogP contribution in [0.5, 0.6) is 0 Å². The molecule has 1 amide bonds. The number of carbonyl (C=O) groups is 2. The summed E-state index contributed by atoms with van der Waals surface area (Å²) in [6, 6.07) is -0.855. The van der Waals surface area contributed by atoms with Crippen molar-refractivity contribution in [3.63, 3.8) is 0 Å². The molecular weight excluding hydrogens is 182 g/mol. The molecule has 0 aromatic heterocycles. The molecule has 0 bridgehead atoms. The number of hydrogen-bond acceptors (Lipinski definition) is 2. The molecule has 0 saturated carbocycles. The van der Waals surface area contributed by atoms with Crippen LogP contribution in [0.15, 0.2) is 12.2 Å². The van der Waals surface area contributed by atoms with Gasteiger partial charge in [0, 0.05) is 0 Å². The van der Waals surface area contributed by atoms with Crippen LogP contribution in [0.25, 0.3) is 0 Å². The third-order valence-electron chi connectivity index (χ3n) is 1.46. The lowest BCUT2D eigenvalue weighted by Gasteiger charge is -2.11. The maximum Gasteiger partial charge on any atom is 0.325 e. The second-order valence-electron chi connectivity index (χ2n) is 4.27. The second-order valence-corrected chi connectivity index (χ2v) is 4.27. The molecule has 0 heterocycles. The van der Waals surface area contributed by atoms with Crippen molar-refractivity contribution in [2.75, 3.05) is 0 Å². The van der Waals surface area contributed by atoms with Gasteiger partial charge in [-0.25, -0.2) is 0 Å². The molecule has 0 aliphatic heterocycles. The average molecular weight is 199 g/mol. The normalized spacial score (nSPS) is 14.0. The minimum Gasteiger partial charge on any atom is -0.480 e. The van der Waals surface area contributed by atoms with Crippen molar-refractivity contribution in [3.8, 4) is 0 Å². The summed E-state index contributed by atoms with van der Waals surface area (Å²) in [6.07, 6.45) is 3.09. The van der Waals surface area contributed by atoms with E-state index in [9.17, 15) is 9.59 Å². The van der Waals surface area contributed by atoms with Crippen molar-refractivity contribution in [3.05, 3.63) is 12.2 Å². The van der Waals surface area contributed by atoms with Gasteiger partial charge < -0.3 is 10.4 Å². The highest BCUT2D eigenvalue weighted by atomic mass is 16.4. The van der Waals surface area contributed by atoms with E-state index in [1.807, 2.05) is 20.8 Å². The van der Waals surface area contributed by atoms with Crippen molar-refractivity contribution in [1.82, 2.24) is 5.32 Å². The molecule has 4 heteroatoms. The highest BCUT2D eigenvalue weighted by Gasteiger charge is 2.12. The Balaban J connectivity index is 4.12. The van der Waals surface area contributed by atoms with E-state index in [2.05, 4.69) is 5.32 Å². The molecule has 4 nitrogen and oxygen atoms in total. The van der Waals surface area contributed by atoms with Crippen LogP contribution >= 0.6 is 0 Å². The molecule has 0 fully saturated rings. The number of carboxylic acids is 1. The number of amides is 1. The fourth-order valence-electron chi connectivity index (χ4n) is 0.649. The average Bonchev–Trinajstić information content (AvgIpc) is 1.99. The van der Waals surface area contributed by atoms with Gasteiger partial charge in [0.25, 0.3) is 0 Å². The molecule has 0 aliphatic rings. The largest absolute Gasteiger partial charge is 0.480 e. The first-order chi connectivity index (χ1) is 6.22. The predicted octanol–water partition coefficient (Wildman–Crippen LogP) is 1.18. The maximum atomic E-state index is 11.1. The minimum atomic E-state index is -1.04. The van der Waals surface area contributed by atoms with Crippen LogP contribution in [0, 0.1) is 5.41 Å². The summed E-state index contributed by atoms with van der Waals surface area (Å²) >= 11 is 0. The zero-order valence-electron chi connectivity index (χ0n) is 9.00. The van der Waals surface area contributed by atoms with Crippen LogP contribution in [0.2, 0.25) is 0 Å². The van der Waals surface area contributed by atoms with E-state index < -0.39 is 12.0 Å². The number of rotatable bonds is 3. The first-order valence-electron chi connectivity index (χ1n) is 4.45. The summed E-state index contributed by atoms with van der Waals surface area (Å²) in [5.41, 5.74) is -0.0796. The molecule has 14 heavy (non-hydrogen) atoms. The van der Waals surface area contributed by atoms with Crippen LogP contribution in [0.1, 0.15) is 27.7 Å². The highest BCUT2D eigenvalue weighted by Crippen LogP contribution is 2.13. The Kier molecular flexibility index (Phi) is 4.34. The number of aliphatic carboxylic acids is 1. The molecule has 0 spiro atoms. The monoisotopic (exact) mass is 199 g/mol. The van der Waals surface area contributed by atoms with Gasteiger partial charge in [-0.15, -0.1) is 0 Å². The Bertz CT molecular complexity index is 251. The highest BCUT2D eigenvalue weighted by molar-refractivity contribution is 5.90. The zero-order chi connectivity index (χ0) is 11.4. The molecule has 0 rings (SSSR count). The number of carbonyl (C=O) groups excluding carboxylic acids is 1. The third-order valence-corrected chi connectivity index (χ3v) is 1.46. The van der Waals surface area contributed by atoms with Gasteiger partial charge in [-0.05, 0) is 18.4 Å². The van der Waals surface area contributed by atoms with Crippen molar-refractivity contribution in [1.29, 1.82) is 0 Å². The van der Waals surface area contributed by atoms with Crippen LogP contribution in [-0.4, -0.2) is 23.0 Å². The van der Waals surface area contributed by atoms with Crippen molar-refractivity contribution in [2.45, 2.75) is 33.7 Å². The summed E-state index contributed by atoms with van der Waals surface area (Å²) in [5.74, 6) is -1.42. The molecule has 2 N–H and O–H groups in total. The standard InChI is InChI=1S/C10H17NO3/c1-7(9(13)14)11-8(12)5-6-10(2,3)4/h5-7H,1-4H3,(H,11,12)(H,13,14)/b6-5+/t7-/m0/s1. The van der Waals surface area contributed by atoms with E-state index in [-0.39, 0.29) is 11.3 Å². The molecule has 80 valence electrons. The first kappa shape index (κ1) is 12.7. The topological polar surface area (TPSA) is 66.4 Å². The Morgan fingerprint density at radius 1 is 1.36 bits per heavy atom. The van der Waals surface area contributed by atoms with Crippen LogP contribution in [-0.2, 0) is 9.59 Å². The second kappa shape index (κ2) is 4.79. The Morgan fingerprint density at radius 3 is 2.21 bits per heavy atom. The van der Waals surface area contributed by atoms with E-state index in [0.717, 1.165) is 0 Å². The molecule has 0 saturated heterocycles. The van der Waals surface area contributed by atoms with E-state index >= 15 is 0 Å². The van der Waals surface area contributed by atoms with Gasteiger partial charge in [0.05, 0.1) is 0 Å². The van der Waals surface area contributed by atoms with Crippen LogP contribution in [0.4, 0.5) is 0 Å². The predicted molar refractivity (Wildman–Crippen MR) is 53.8 cm³/mol. The third kappa shape index (κ3) is 6.22. The molecule has 0 aromatic carbocycles. The van der Waals surface area contributed by atoms with E-state index in [1.54, 1.807) is 6.08 Å². The van der Waals surface area contributed by atoms with Gasteiger partial charge in [0.1, 0.15) is 6.04 Å². The molecule has 0 unspecified atom stereocenters.